The zero-order valence-corrected chi connectivity index (χ0v) is 13.5. The van der Waals surface area contributed by atoms with Gasteiger partial charge in [-0.15, -0.1) is 0 Å². The third kappa shape index (κ3) is 1.27. The summed E-state index contributed by atoms with van der Waals surface area (Å²) in [7, 11) is 0. The van der Waals surface area contributed by atoms with E-state index in [4.69, 9.17) is 0 Å². The van der Waals surface area contributed by atoms with Crippen molar-refractivity contribution in [1.29, 1.82) is 0 Å². The SMILES string of the molecule is C[C@]12CC[C@H]3[C@@H](C[C@H](O)[C@]45C[C@@H]4CC[C@]35C)[C@@H]1CC[C@@H]2O. The number of aliphatic hydroxyl groups is 2. The van der Waals surface area contributed by atoms with Crippen LogP contribution in [0, 0.1) is 39.9 Å². The van der Waals surface area contributed by atoms with E-state index in [1.54, 1.807) is 0 Å². The molecule has 0 bridgehead atoms. The maximum Gasteiger partial charge on any atom is 0.0607 e. The zero-order valence-electron chi connectivity index (χ0n) is 13.5. The summed E-state index contributed by atoms with van der Waals surface area (Å²) < 4.78 is 0. The Kier molecular flexibility index (Phi) is 2.35. The lowest BCUT2D eigenvalue weighted by atomic mass is 9.46. The van der Waals surface area contributed by atoms with Crippen molar-refractivity contribution in [2.75, 3.05) is 0 Å². The van der Waals surface area contributed by atoms with Crippen molar-refractivity contribution in [3.8, 4) is 0 Å². The largest absolute Gasteiger partial charge is 0.393 e. The Hall–Kier alpha value is -0.0800. The average molecular weight is 290 g/mol. The predicted octanol–water partition coefficient (Wildman–Crippen LogP) is 3.36. The summed E-state index contributed by atoms with van der Waals surface area (Å²) in [5.41, 5.74) is 0.845. The lowest BCUT2D eigenvalue weighted by Crippen LogP contribution is -2.56. The molecule has 0 unspecified atom stereocenters. The second kappa shape index (κ2) is 3.70. The average Bonchev–Trinajstić information content (AvgIpc) is 3.01. The van der Waals surface area contributed by atoms with Gasteiger partial charge in [-0.25, -0.2) is 0 Å². The van der Waals surface area contributed by atoms with Gasteiger partial charge >= 0.3 is 0 Å². The summed E-state index contributed by atoms with van der Waals surface area (Å²) in [4.78, 5) is 0. The van der Waals surface area contributed by atoms with E-state index < -0.39 is 0 Å². The molecule has 2 heteroatoms. The van der Waals surface area contributed by atoms with Crippen molar-refractivity contribution < 1.29 is 10.2 Å². The summed E-state index contributed by atoms with van der Waals surface area (Å²) in [5.74, 6) is 2.98. The first-order chi connectivity index (χ1) is 9.93. The summed E-state index contributed by atoms with van der Waals surface area (Å²) in [6, 6.07) is 0. The molecule has 0 heterocycles. The summed E-state index contributed by atoms with van der Waals surface area (Å²) >= 11 is 0. The van der Waals surface area contributed by atoms with E-state index in [1.807, 2.05) is 0 Å². The van der Waals surface area contributed by atoms with Gasteiger partial charge in [-0.3, -0.25) is 0 Å². The first-order valence-corrected chi connectivity index (χ1v) is 9.29. The normalized spacial score (nSPS) is 68.0. The molecular weight excluding hydrogens is 260 g/mol. The molecule has 0 aliphatic heterocycles. The Morgan fingerprint density at radius 1 is 0.857 bits per heavy atom. The van der Waals surface area contributed by atoms with Crippen LogP contribution in [0.25, 0.3) is 0 Å². The molecule has 2 nitrogen and oxygen atoms in total. The minimum atomic E-state index is -0.0958. The molecule has 5 saturated carbocycles. The molecule has 2 N–H and O–H groups in total. The van der Waals surface area contributed by atoms with Crippen LogP contribution in [0.1, 0.15) is 65.2 Å². The van der Waals surface area contributed by atoms with E-state index >= 15 is 0 Å². The fourth-order valence-electron chi connectivity index (χ4n) is 8.28. The number of aliphatic hydroxyl groups excluding tert-OH is 2. The third-order valence-electron chi connectivity index (χ3n) is 9.52. The van der Waals surface area contributed by atoms with Crippen LogP contribution in [0.3, 0.4) is 0 Å². The highest BCUT2D eigenvalue weighted by molar-refractivity contribution is 5.25. The highest BCUT2D eigenvalue weighted by Crippen LogP contribution is 2.81. The maximum absolute atomic E-state index is 11.0. The molecule has 0 aromatic carbocycles. The van der Waals surface area contributed by atoms with Gasteiger partial charge < -0.3 is 10.2 Å². The van der Waals surface area contributed by atoms with E-state index in [0.717, 1.165) is 24.7 Å². The monoisotopic (exact) mass is 290 g/mol. The Balaban J connectivity index is 1.55. The minimum Gasteiger partial charge on any atom is -0.393 e. The van der Waals surface area contributed by atoms with Gasteiger partial charge in [-0.05, 0) is 85.9 Å². The molecule has 9 atom stereocenters. The van der Waals surface area contributed by atoms with Gasteiger partial charge in [-0.1, -0.05) is 13.8 Å². The topological polar surface area (TPSA) is 40.5 Å². The van der Waals surface area contributed by atoms with Crippen LogP contribution in [0.2, 0.25) is 0 Å². The lowest BCUT2D eigenvalue weighted by molar-refractivity contribution is -0.155. The van der Waals surface area contributed by atoms with Crippen molar-refractivity contribution >= 4 is 0 Å². The molecule has 0 saturated heterocycles. The van der Waals surface area contributed by atoms with Crippen molar-refractivity contribution in [3.63, 3.8) is 0 Å². The number of hydrogen-bond acceptors (Lipinski definition) is 2. The van der Waals surface area contributed by atoms with Crippen LogP contribution in [0.4, 0.5) is 0 Å². The quantitative estimate of drug-likeness (QED) is 0.718. The molecule has 0 aromatic rings. The summed E-state index contributed by atoms with van der Waals surface area (Å²) in [6.45, 7) is 4.85. The number of fused-ring (bicyclic) bond motifs is 4. The van der Waals surface area contributed by atoms with Crippen LogP contribution in [-0.2, 0) is 0 Å². The van der Waals surface area contributed by atoms with Crippen LogP contribution in [0.5, 0.6) is 0 Å². The van der Waals surface area contributed by atoms with Crippen molar-refractivity contribution in [3.05, 3.63) is 0 Å². The molecular formula is C19H30O2. The van der Waals surface area contributed by atoms with Gasteiger partial charge in [0, 0.05) is 5.41 Å². The summed E-state index contributed by atoms with van der Waals surface area (Å²) in [5, 5.41) is 21.5. The van der Waals surface area contributed by atoms with Crippen LogP contribution >= 0.6 is 0 Å². The van der Waals surface area contributed by atoms with Gasteiger partial charge in [0.2, 0.25) is 0 Å². The fourth-order valence-corrected chi connectivity index (χ4v) is 8.28. The molecule has 1 spiro atoms. The fraction of sp³-hybridized carbons (Fsp3) is 1.00. The van der Waals surface area contributed by atoms with Gasteiger partial charge in [0.05, 0.1) is 12.2 Å². The molecule has 0 aromatic heterocycles. The number of hydrogen-bond donors (Lipinski definition) is 2. The van der Waals surface area contributed by atoms with Crippen LogP contribution in [0.15, 0.2) is 0 Å². The zero-order chi connectivity index (χ0) is 14.6. The van der Waals surface area contributed by atoms with E-state index in [0.29, 0.717) is 22.7 Å². The van der Waals surface area contributed by atoms with Crippen molar-refractivity contribution in [2.24, 2.45) is 39.9 Å². The molecule has 0 amide bonds. The Morgan fingerprint density at radius 3 is 2.43 bits per heavy atom. The van der Waals surface area contributed by atoms with E-state index in [-0.39, 0.29) is 17.6 Å². The second-order valence-electron chi connectivity index (χ2n) is 9.66. The first kappa shape index (κ1) is 13.4. The van der Waals surface area contributed by atoms with E-state index in [9.17, 15) is 10.2 Å². The van der Waals surface area contributed by atoms with E-state index in [1.165, 1.54) is 38.5 Å². The maximum atomic E-state index is 11.0. The molecule has 5 rings (SSSR count). The standard InChI is InChI=1S/C19H30O2/c1-17-7-6-14-12(13(17)3-4-15(17)20)9-16(21)19-10-11(19)5-8-18(14,19)2/h11-16,20-21H,3-10H2,1-2H3/t11-,12-,13-,14-,15-,16-,17-,18+,19-/m0/s1. The molecule has 5 aliphatic rings. The smallest absolute Gasteiger partial charge is 0.0607 e. The molecule has 118 valence electrons. The Bertz CT molecular complexity index is 490. The van der Waals surface area contributed by atoms with Crippen LogP contribution in [-0.4, -0.2) is 22.4 Å². The molecule has 21 heavy (non-hydrogen) atoms. The Morgan fingerprint density at radius 2 is 1.67 bits per heavy atom. The Labute approximate surface area is 128 Å². The summed E-state index contributed by atoms with van der Waals surface area (Å²) in [6.07, 6.45) is 9.59. The minimum absolute atomic E-state index is 0.0589. The van der Waals surface area contributed by atoms with Crippen molar-refractivity contribution in [1.82, 2.24) is 0 Å². The first-order valence-electron chi connectivity index (χ1n) is 9.29. The predicted molar refractivity (Wildman–Crippen MR) is 81.6 cm³/mol. The van der Waals surface area contributed by atoms with Gasteiger partial charge in [0.15, 0.2) is 0 Å². The molecule has 0 radical (unpaired) electrons. The number of rotatable bonds is 0. The van der Waals surface area contributed by atoms with Crippen LogP contribution < -0.4 is 0 Å². The van der Waals surface area contributed by atoms with Gasteiger partial charge in [-0.2, -0.15) is 0 Å². The highest BCUT2D eigenvalue weighted by Gasteiger charge is 2.77. The highest BCUT2D eigenvalue weighted by atomic mass is 16.3. The van der Waals surface area contributed by atoms with Gasteiger partial charge in [0.25, 0.3) is 0 Å². The second-order valence-corrected chi connectivity index (χ2v) is 9.66. The van der Waals surface area contributed by atoms with E-state index in [2.05, 4.69) is 13.8 Å². The lowest BCUT2D eigenvalue weighted by Gasteiger charge is -2.59. The molecule has 5 aliphatic carbocycles. The van der Waals surface area contributed by atoms with Crippen molar-refractivity contribution in [2.45, 2.75) is 77.4 Å². The van der Waals surface area contributed by atoms with Gasteiger partial charge in [0.1, 0.15) is 0 Å². The third-order valence-corrected chi connectivity index (χ3v) is 9.52. The molecule has 5 fully saturated rings.